The highest BCUT2D eigenvalue weighted by Gasteiger charge is 2.33. The highest BCUT2D eigenvalue weighted by molar-refractivity contribution is 7.17. The summed E-state index contributed by atoms with van der Waals surface area (Å²) in [5.41, 5.74) is 6.50. The van der Waals surface area contributed by atoms with E-state index in [1.807, 2.05) is 27.7 Å². The molecule has 0 spiro atoms. The van der Waals surface area contributed by atoms with Gasteiger partial charge in [-0.05, 0) is 42.9 Å². The highest BCUT2D eigenvalue weighted by atomic mass is 32.1. The molecule has 3 rings (SSSR count). The maximum atomic E-state index is 13.6. The number of ether oxygens (including phenoxy) is 1. The second kappa shape index (κ2) is 15.5. The third kappa shape index (κ3) is 9.66. The van der Waals surface area contributed by atoms with E-state index in [1.165, 1.54) is 11.1 Å². The number of carbonyl (C=O) groups excluding carboxylic acids is 5. The molecule has 5 amide bonds. The van der Waals surface area contributed by atoms with Gasteiger partial charge in [0, 0.05) is 19.0 Å². The molecule has 6 N–H and O–H groups in total. The summed E-state index contributed by atoms with van der Waals surface area (Å²) in [5, 5.41) is 11.4. The van der Waals surface area contributed by atoms with Crippen LogP contribution in [0.15, 0.2) is 30.5 Å². The molecule has 240 valence electrons. The molecule has 1 fully saturated rings. The van der Waals surface area contributed by atoms with Crippen molar-refractivity contribution in [2.75, 3.05) is 25.9 Å². The Morgan fingerprint density at radius 2 is 1.66 bits per heavy atom. The minimum atomic E-state index is -1.04. The number of nitrogen functional groups attached to an aromatic ring is 1. The van der Waals surface area contributed by atoms with Crippen LogP contribution in [-0.2, 0) is 25.6 Å². The lowest BCUT2D eigenvalue weighted by Gasteiger charge is -2.31. The Morgan fingerprint density at radius 1 is 1.00 bits per heavy atom. The first-order valence-electron chi connectivity index (χ1n) is 14.6. The quantitative estimate of drug-likeness (QED) is 0.301. The number of methoxy groups -OCH3 is 1. The topological polar surface area (TPSA) is 185 Å². The van der Waals surface area contributed by atoms with Crippen LogP contribution in [0.2, 0.25) is 0 Å². The zero-order chi connectivity index (χ0) is 32.6. The predicted octanol–water partition coefficient (Wildman–Crippen LogP) is 1.09. The van der Waals surface area contributed by atoms with E-state index in [1.54, 1.807) is 38.3 Å². The number of anilines is 1. The molecule has 1 aliphatic heterocycles. The largest absolute Gasteiger partial charge is 0.497 e. The van der Waals surface area contributed by atoms with Crippen molar-refractivity contribution in [1.82, 2.24) is 31.2 Å². The minimum Gasteiger partial charge on any atom is -0.497 e. The lowest BCUT2D eigenvalue weighted by Crippen LogP contribution is -2.57. The second-order valence-electron chi connectivity index (χ2n) is 11.7. The minimum absolute atomic E-state index is 0.00469. The SMILES string of the molecule is COc1ccc(C[C@@H]2NC(=O)[C@H](CC(C)C)NC(=O)CN(C(=O)c3cnc(N)s3)C[C@H](C(C)C)NC(=O)[C@@H](C)NC2=O)cc1. The summed E-state index contributed by atoms with van der Waals surface area (Å²) in [6, 6.07) is 3.53. The summed E-state index contributed by atoms with van der Waals surface area (Å²) in [6.07, 6.45) is 1.76. The van der Waals surface area contributed by atoms with E-state index in [0.29, 0.717) is 12.2 Å². The average molecular weight is 630 g/mol. The summed E-state index contributed by atoms with van der Waals surface area (Å²) in [7, 11) is 1.55. The number of hydrogen-bond acceptors (Lipinski definition) is 9. The van der Waals surface area contributed by atoms with E-state index < -0.39 is 53.7 Å². The van der Waals surface area contributed by atoms with Crippen molar-refractivity contribution in [2.24, 2.45) is 11.8 Å². The molecule has 14 heteroatoms. The lowest BCUT2D eigenvalue weighted by molar-refractivity contribution is -0.133. The Bertz CT molecular complexity index is 1330. The fourth-order valence-corrected chi connectivity index (χ4v) is 5.36. The number of carbonyl (C=O) groups is 5. The van der Waals surface area contributed by atoms with Crippen LogP contribution in [-0.4, -0.2) is 83.8 Å². The van der Waals surface area contributed by atoms with Gasteiger partial charge < -0.3 is 36.6 Å². The van der Waals surface area contributed by atoms with Crippen molar-refractivity contribution < 1.29 is 28.7 Å². The first-order valence-corrected chi connectivity index (χ1v) is 15.4. The van der Waals surface area contributed by atoms with Gasteiger partial charge in [-0.3, -0.25) is 24.0 Å². The molecule has 1 aliphatic rings. The molecule has 44 heavy (non-hydrogen) atoms. The van der Waals surface area contributed by atoms with Gasteiger partial charge in [0.1, 0.15) is 28.8 Å². The van der Waals surface area contributed by atoms with E-state index in [4.69, 9.17) is 10.5 Å². The molecule has 0 aliphatic carbocycles. The summed E-state index contributed by atoms with van der Waals surface area (Å²) < 4.78 is 5.22. The van der Waals surface area contributed by atoms with E-state index in [-0.39, 0.29) is 41.4 Å². The molecule has 1 aromatic carbocycles. The fraction of sp³-hybridized carbons (Fsp3) is 0.533. The van der Waals surface area contributed by atoms with Gasteiger partial charge in [-0.15, -0.1) is 0 Å². The maximum absolute atomic E-state index is 13.6. The number of rotatable bonds is 7. The van der Waals surface area contributed by atoms with Gasteiger partial charge in [0.15, 0.2) is 5.13 Å². The molecule has 2 aromatic rings. The zero-order valence-corrected chi connectivity index (χ0v) is 26.8. The third-order valence-electron chi connectivity index (χ3n) is 7.25. The van der Waals surface area contributed by atoms with Gasteiger partial charge in [0.2, 0.25) is 23.6 Å². The van der Waals surface area contributed by atoms with Gasteiger partial charge in [-0.2, -0.15) is 0 Å². The molecule has 1 aromatic heterocycles. The zero-order valence-electron chi connectivity index (χ0n) is 26.0. The second-order valence-corrected chi connectivity index (χ2v) is 12.8. The average Bonchev–Trinajstić information content (AvgIpc) is 3.40. The molecule has 4 atom stereocenters. The standard InChI is InChI=1S/C30H43N7O6S/c1-16(2)11-21-28(41)35-22(12-19-7-9-20(43-6)10-8-19)27(40)33-18(5)26(39)36-23(17(3)4)14-37(15-25(38)34-21)29(42)24-13-32-30(31)44-24/h7-10,13,16-18,21-23H,11-12,14-15H2,1-6H3,(H2,31,32)(H,33,40)(H,34,38)(H,35,41)(H,36,39)/t18-,21+,22+,23-/m1/s1. The number of benzene rings is 1. The Labute approximate surface area is 261 Å². The van der Waals surface area contributed by atoms with E-state index in [0.717, 1.165) is 16.9 Å². The smallest absolute Gasteiger partial charge is 0.266 e. The Hall–Kier alpha value is -4.20. The lowest BCUT2D eigenvalue weighted by atomic mass is 10.0. The molecule has 0 unspecified atom stereocenters. The summed E-state index contributed by atoms with van der Waals surface area (Å²) in [6.45, 7) is 8.74. The Balaban J connectivity index is 1.98. The first kappa shape index (κ1) is 34.3. The van der Waals surface area contributed by atoms with Crippen molar-refractivity contribution in [3.8, 4) is 5.75 Å². The summed E-state index contributed by atoms with van der Waals surface area (Å²) in [4.78, 5) is 72.8. The van der Waals surface area contributed by atoms with E-state index >= 15 is 0 Å². The number of nitrogens with one attached hydrogen (secondary N) is 4. The van der Waals surface area contributed by atoms with E-state index in [2.05, 4.69) is 26.3 Å². The normalized spacial score (nSPS) is 22.4. The molecular formula is C30H43N7O6S. The molecule has 0 saturated carbocycles. The van der Waals surface area contributed by atoms with Gasteiger partial charge >= 0.3 is 0 Å². The number of hydrogen-bond donors (Lipinski definition) is 5. The van der Waals surface area contributed by atoms with Crippen molar-refractivity contribution in [1.29, 1.82) is 0 Å². The number of amides is 5. The number of nitrogens with two attached hydrogens (primary N) is 1. The van der Waals surface area contributed by atoms with Crippen LogP contribution in [0.25, 0.3) is 0 Å². The summed E-state index contributed by atoms with van der Waals surface area (Å²) >= 11 is 0.989. The van der Waals surface area contributed by atoms with Crippen LogP contribution in [0.1, 0.15) is 56.3 Å². The van der Waals surface area contributed by atoms with Gasteiger partial charge in [-0.1, -0.05) is 51.2 Å². The van der Waals surface area contributed by atoms with Crippen molar-refractivity contribution in [3.63, 3.8) is 0 Å². The van der Waals surface area contributed by atoms with Gasteiger partial charge in [0.05, 0.1) is 19.9 Å². The van der Waals surface area contributed by atoms with Crippen LogP contribution in [0.4, 0.5) is 5.13 Å². The summed E-state index contributed by atoms with van der Waals surface area (Å²) in [5.74, 6) is -2.11. The molecule has 13 nitrogen and oxygen atoms in total. The monoisotopic (exact) mass is 629 g/mol. The molecular weight excluding hydrogens is 586 g/mol. The fourth-order valence-electron chi connectivity index (χ4n) is 4.70. The van der Waals surface area contributed by atoms with Crippen molar-refractivity contribution in [2.45, 2.75) is 71.6 Å². The van der Waals surface area contributed by atoms with Crippen molar-refractivity contribution >= 4 is 46.0 Å². The molecule has 0 bridgehead atoms. The van der Waals surface area contributed by atoms with Crippen LogP contribution in [0, 0.1) is 11.8 Å². The third-order valence-corrected chi connectivity index (χ3v) is 8.06. The molecule has 1 saturated heterocycles. The first-order chi connectivity index (χ1) is 20.8. The van der Waals surface area contributed by atoms with Gasteiger partial charge in [0.25, 0.3) is 5.91 Å². The van der Waals surface area contributed by atoms with Crippen LogP contribution in [0.5, 0.6) is 5.75 Å². The number of thiazole rings is 1. The Morgan fingerprint density at radius 3 is 2.23 bits per heavy atom. The van der Waals surface area contributed by atoms with Gasteiger partial charge in [-0.25, -0.2) is 4.98 Å². The van der Waals surface area contributed by atoms with Crippen molar-refractivity contribution in [3.05, 3.63) is 40.9 Å². The van der Waals surface area contributed by atoms with Crippen LogP contribution in [0.3, 0.4) is 0 Å². The predicted molar refractivity (Wildman–Crippen MR) is 167 cm³/mol. The number of aromatic nitrogens is 1. The van der Waals surface area contributed by atoms with E-state index in [9.17, 15) is 24.0 Å². The highest BCUT2D eigenvalue weighted by Crippen LogP contribution is 2.18. The molecule has 0 radical (unpaired) electrons. The number of nitrogens with zero attached hydrogens (tertiary/aromatic N) is 2. The Kier molecular flexibility index (Phi) is 12.1. The van der Waals surface area contributed by atoms with Crippen LogP contribution >= 0.6 is 11.3 Å². The molecule has 2 heterocycles. The maximum Gasteiger partial charge on any atom is 0.266 e. The van der Waals surface area contributed by atoms with Crippen LogP contribution < -0.4 is 31.7 Å².